The van der Waals surface area contributed by atoms with E-state index < -0.39 is 96.2 Å². The number of benzene rings is 1. The lowest BCUT2D eigenvalue weighted by atomic mass is 10.0. The summed E-state index contributed by atoms with van der Waals surface area (Å²) in [5, 5.41) is 14.9. The van der Waals surface area contributed by atoms with E-state index in [-0.39, 0.29) is 38.9 Å². The van der Waals surface area contributed by atoms with Gasteiger partial charge in [-0.1, -0.05) is 12.1 Å². The molecule has 1 saturated carbocycles. The monoisotopic (exact) mass is 676 g/mol. The first-order valence-corrected chi connectivity index (χ1v) is 15.8. The molecule has 0 bridgehead atoms. The molecule has 3 heterocycles. The van der Waals surface area contributed by atoms with Gasteiger partial charge in [-0.25, -0.2) is 27.6 Å². The fraction of sp³-hybridized carbons (Fsp3) is 0.576. The van der Waals surface area contributed by atoms with E-state index in [1.807, 2.05) is 0 Å². The summed E-state index contributed by atoms with van der Waals surface area (Å²) in [4.78, 5) is 68.3. The Morgan fingerprint density at radius 3 is 2.58 bits per heavy atom. The zero-order chi connectivity index (χ0) is 35.0. The summed E-state index contributed by atoms with van der Waals surface area (Å²) < 4.78 is 55.1. The third-order valence-electron chi connectivity index (χ3n) is 8.90. The van der Waals surface area contributed by atoms with Crippen LogP contribution in [0.25, 0.3) is 0 Å². The smallest absolute Gasteiger partial charge is 0.410 e. The van der Waals surface area contributed by atoms with Crippen LogP contribution in [0.1, 0.15) is 70.4 Å². The number of halogens is 3. The third-order valence-corrected chi connectivity index (χ3v) is 8.90. The van der Waals surface area contributed by atoms with Crippen LogP contribution < -0.4 is 10.6 Å². The molecular weight excluding hydrogens is 637 g/mol. The number of fused-ring (bicyclic) bond motifs is 3. The second-order valence-electron chi connectivity index (χ2n) is 13.7. The minimum Gasteiger partial charge on any atom is -0.479 e. The lowest BCUT2D eigenvalue weighted by Crippen LogP contribution is -2.56. The van der Waals surface area contributed by atoms with Crippen molar-refractivity contribution in [1.29, 1.82) is 0 Å². The molecule has 4 amide bonds. The van der Waals surface area contributed by atoms with Crippen LogP contribution in [0.3, 0.4) is 0 Å². The summed E-state index contributed by atoms with van der Waals surface area (Å²) in [6.45, 7) is 4.42. The summed E-state index contributed by atoms with van der Waals surface area (Å²) >= 11 is 0. The first-order chi connectivity index (χ1) is 22.5. The molecule has 12 nitrogen and oxygen atoms in total. The van der Waals surface area contributed by atoms with Gasteiger partial charge in [0.05, 0.1) is 13.1 Å². The van der Waals surface area contributed by atoms with Crippen molar-refractivity contribution >= 4 is 30.0 Å². The molecule has 3 N–H and O–H groups in total. The van der Waals surface area contributed by atoms with Gasteiger partial charge in [0, 0.05) is 37.3 Å². The first kappa shape index (κ1) is 34.8. The number of carbonyl (C=O) groups excluding carboxylic acids is 4. The van der Waals surface area contributed by atoms with Gasteiger partial charge in [-0.05, 0) is 63.8 Å². The Bertz CT molecular complexity index is 1560. The molecule has 1 aromatic carbocycles. The number of alkyl halides is 2. The number of carboxylic acids is 1. The maximum absolute atomic E-state index is 14.9. The molecule has 4 aliphatic rings. The standard InChI is InChI=1S/C33H39F3N4O8/c1-31(2,3)48-29(45)37-24-11-13-32(35,36)12-6-4-5-9-20-15-33(20,28(43)44)38-26(41)25-14-21(17-40(25)27(24)42)47-30(46)39-16-19-8-7-10-23(34)22(19)18-39/h4,7-10,20-21,24-25H,6,11-18H2,1-3H3,(H,37,45)(H,38,41)(H,43,44)/t5?,20-,21-,24+,25+,33-/m1/s1. The van der Waals surface area contributed by atoms with E-state index in [1.54, 1.807) is 26.8 Å². The Balaban J connectivity index is 1.42. The van der Waals surface area contributed by atoms with Crippen molar-refractivity contribution in [2.45, 2.75) is 108 Å². The van der Waals surface area contributed by atoms with E-state index in [2.05, 4.69) is 16.4 Å². The Morgan fingerprint density at radius 1 is 1.15 bits per heavy atom. The second-order valence-corrected chi connectivity index (χ2v) is 13.7. The molecule has 5 atom stereocenters. The highest BCUT2D eigenvalue weighted by Gasteiger charge is 2.61. The number of hydrogen-bond acceptors (Lipinski definition) is 7. The predicted molar refractivity (Wildman–Crippen MR) is 162 cm³/mol. The molecule has 2 fully saturated rings. The Hall–Kier alpha value is -4.52. The highest BCUT2D eigenvalue weighted by Crippen LogP contribution is 2.45. The van der Waals surface area contributed by atoms with E-state index >= 15 is 0 Å². The fourth-order valence-corrected chi connectivity index (χ4v) is 6.28. The molecule has 1 saturated heterocycles. The van der Waals surface area contributed by atoms with Crippen LogP contribution in [0.15, 0.2) is 36.1 Å². The van der Waals surface area contributed by atoms with Gasteiger partial charge in [0.15, 0.2) is 0 Å². The van der Waals surface area contributed by atoms with Crippen LogP contribution in [0.5, 0.6) is 0 Å². The number of alkyl carbamates (subject to hydrolysis) is 1. The molecule has 0 unspecified atom stereocenters. The number of carboxylic acid groups (broad SMARTS) is 1. The van der Waals surface area contributed by atoms with Crippen molar-refractivity contribution < 1.29 is 51.7 Å². The lowest BCUT2D eigenvalue weighted by Gasteiger charge is -2.30. The van der Waals surface area contributed by atoms with Crippen LogP contribution in [0, 0.1) is 11.7 Å². The van der Waals surface area contributed by atoms with E-state index in [0.717, 1.165) is 4.90 Å². The molecule has 1 aromatic rings. The van der Waals surface area contributed by atoms with Crippen LogP contribution in [-0.4, -0.2) is 86.7 Å². The maximum Gasteiger partial charge on any atom is 0.410 e. The van der Waals surface area contributed by atoms with Crippen LogP contribution in [0.4, 0.5) is 22.8 Å². The molecule has 260 valence electrons. The number of aliphatic carboxylic acids is 1. The number of rotatable bonds is 3. The van der Waals surface area contributed by atoms with Gasteiger partial charge in [0.2, 0.25) is 17.7 Å². The van der Waals surface area contributed by atoms with Crippen molar-refractivity contribution in [1.82, 2.24) is 20.4 Å². The maximum atomic E-state index is 14.9. The van der Waals surface area contributed by atoms with Gasteiger partial charge in [-0.3, -0.25) is 14.5 Å². The minimum atomic E-state index is -3.24. The second kappa shape index (κ2) is 13.2. The highest BCUT2D eigenvalue weighted by atomic mass is 19.3. The molecule has 48 heavy (non-hydrogen) atoms. The van der Waals surface area contributed by atoms with Crippen molar-refractivity contribution in [2.75, 3.05) is 6.54 Å². The number of hydrogen-bond donors (Lipinski definition) is 3. The summed E-state index contributed by atoms with van der Waals surface area (Å²) in [7, 11) is 0. The summed E-state index contributed by atoms with van der Waals surface area (Å²) in [5.41, 5.74) is 1.00. The summed E-state index contributed by atoms with van der Waals surface area (Å²) in [6, 6.07) is 1.54. The van der Waals surface area contributed by atoms with Gasteiger partial charge in [0.1, 0.15) is 35.1 Å². The predicted octanol–water partition coefficient (Wildman–Crippen LogP) is 4.02. The number of amides is 4. The molecule has 5 rings (SSSR count). The molecule has 15 heteroatoms. The molecule has 1 aliphatic carbocycles. The Kier molecular flexibility index (Phi) is 9.55. The molecular formula is C33H39F3N4O8. The SMILES string of the molecule is CC(C)(C)OC(=O)N[C@H]1CCC(F)(F)CCC=C=C[C@@H]2C[C@@]2(C(=O)O)NC(=O)[C@@H]2C[C@@H](OC(=O)N3Cc4cccc(F)c4C3)CN2C1=O. The molecule has 0 spiro atoms. The van der Waals surface area contributed by atoms with Crippen LogP contribution in [-0.2, 0) is 36.9 Å². The van der Waals surface area contributed by atoms with Crippen molar-refractivity contribution in [2.24, 2.45) is 5.92 Å². The molecule has 0 aromatic heterocycles. The molecule has 0 radical (unpaired) electrons. The van der Waals surface area contributed by atoms with Gasteiger partial charge in [-0.15, -0.1) is 5.73 Å². The summed E-state index contributed by atoms with van der Waals surface area (Å²) in [6.07, 6.45) is -2.36. The third kappa shape index (κ3) is 7.78. The summed E-state index contributed by atoms with van der Waals surface area (Å²) in [5.74, 6) is -7.47. The zero-order valence-corrected chi connectivity index (χ0v) is 26.9. The first-order valence-electron chi connectivity index (χ1n) is 15.8. The Labute approximate surface area is 275 Å². The van der Waals surface area contributed by atoms with E-state index in [0.29, 0.717) is 11.1 Å². The topological polar surface area (TPSA) is 155 Å². The number of carbonyl (C=O) groups is 5. The van der Waals surface area contributed by atoms with Crippen molar-refractivity contribution in [3.05, 3.63) is 53.0 Å². The number of ether oxygens (including phenoxy) is 2. The fourth-order valence-electron chi connectivity index (χ4n) is 6.28. The molecule has 3 aliphatic heterocycles. The largest absolute Gasteiger partial charge is 0.479 e. The van der Waals surface area contributed by atoms with Gasteiger partial charge < -0.3 is 30.1 Å². The van der Waals surface area contributed by atoms with E-state index in [4.69, 9.17) is 9.47 Å². The average molecular weight is 677 g/mol. The van der Waals surface area contributed by atoms with Gasteiger partial charge in [-0.2, -0.15) is 0 Å². The van der Waals surface area contributed by atoms with Crippen LogP contribution in [0.2, 0.25) is 0 Å². The minimum absolute atomic E-state index is 0.0130. The Morgan fingerprint density at radius 2 is 1.90 bits per heavy atom. The van der Waals surface area contributed by atoms with Gasteiger partial charge >= 0.3 is 18.2 Å². The van der Waals surface area contributed by atoms with Crippen molar-refractivity contribution in [3.8, 4) is 0 Å². The van der Waals surface area contributed by atoms with E-state index in [9.17, 15) is 42.3 Å². The number of nitrogens with zero attached hydrogens (tertiary/aromatic N) is 2. The number of nitrogens with one attached hydrogen (secondary N) is 2. The highest BCUT2D eigenvalue weighted by molar-refractivity contribution is 5.96. The van der Waals surface area contributed by atoms with E-state index in [1.165, 1.54) is 29.2 Å². The lowest BCUT2D eigenvalue weighted by molar-refractivity contribution is -0.145. The van der Waals surface area contributed by atoms with Gasteiger partial charge in [0.25, 0.3) is 0 Å². The van der Waals surface area contributed by atoms with Crippen molar-refractivity contribution in [3.63, 3.8) is 0 Å². The quantitative estimate of drug-likeness (QED) is 0.406. The van der Waals surface area contributed by atoms with Crippen LogP contribution >= 0.6 is 0 Å². The average Bonchev–Trinajstić information content (AvgIpc) is 3.30. The normalized spacial score (nSPS) is 28.5. The zero-order valence-electron chi connectivity index (χ0n) is 26.9.